The van der Waals surface area contributed by atoms with Crippen molar-refractivity contribution in [1.29, 1.82) is 0 Å². The maximum absolute atomic E-state index is 9.96. The van der Waals surface area contributed by atoms with Gasteiger partial charge in [-0.2, -0.15) is 0 Å². The maximum Gasteiger partial charge on any atom is 0.0817 e. The first-order chi connectivity index (χ1) is 25.8. The van der Waals surface area contributed by atoms with Crippen molar-refractivity contribution in [3.8, 4) is 44.5 Å². The molecule has 6 aromatic carbocycles. The van der Waals surface area contributed by atoms with E-state index in [1.54, 1.807) is 18.2 Å². The second-order valence-electron chi connectivity index (χ2n) is 11.2. The molecule has 6 aromatic rings. The summed E-state index contributed by atoms with van der Waals surface area (Å²) in [5.41, 5.74) is 5.01. The minimum atomic E-state index is -2.62. The van der Waals surface area contributed by atoms with Gasteiger partial charge >= 0.3 is 0 Å². The number of nitrogens with zero attached hydrogens (tertiary/aromatic N) is 2. The Morgan fingerprint density at radius 2 is 1.48 bits per heavy atom. The van der Waals surface area contributed by atoms with Crippen molar-refractivity contribution >= 4 is 11.4 Å². The molecule has 2 heteroatoms. The van der Waals surface area contributed by atoms with Gasteiger partial charge in [-0.25, -0.2) is 9.98 Å². The van der Waals surface area contributed by atoms with Crippen LogP contribution < -0.4 is 10.7 Å². The van der Waals surface area contributed by atoms with E-state index in [4.69, 9.17) is 16.8 Å². The molecule has 210 valence electrons. The van der Waals surface area contributed by atoms with Crippen LogP contribution in [-0.2, 0) is 0 Å². The van der Waals surface area contributed by atoms with Crippen LogP contribution in [-0.4, -0.2) is 0 Å². The zero-order valence-corrected chi connectivity index (χ0v) is 23.8. The van der Waals surface area contributed by atoms with Crippen molar-refractivity contribution < 1.29 is 13.7 Å². The van der Waals surface area contributed by atoms with E-state index < -0.39 is 48.9 Å². The molecule has 3 aliphatic rings. The molecule has 1 fully saturated rings. The summed E-state index contributed by atoms with van der Waals surface area (Å²) in [6.07, 6.45) is -4.64. The van der Waals surface area contributed by atoms with Gasteiger partial charge in [0.25, 0.3) is 0 Å². The molecule has 2 heterocycles. The minimum absolute atomic E-state index is 0.0316. The van der Waals surface area contributed by atoms with Crippen LogP contribution in [0.15, 0.2) is 137 Å². The summed E-state index contributed by atoms with van der Waals surface area (Å²) < 4.78 is 90.5. The van der Waals surface area contributed by atoms with Gasteiger partial charge < -0.3 is 0 Å². The highest BCUT2D eigenvalue weighted by Gasteiger charge is 2.29. The number of hydrogen-bond donors (Lipinski definition) is 0. The van der Waals surface area contributed by atoms with E-state index in [0.717, 1.165) is 21.4 Å². The number of para-hydroxylation sites is 1. The van der Waals surface area contributed by atoms with Crippen LogP contribution >= 0.6 is 0 Å². The topological polar surface area (TPSA) is 24.7 Å². The summed E-state index contributed by atoms with van der Waals surface area (Å²) in [5, 5.41) is 3.19. The molecule has 9 rings (SSSR count). The van der Waals surface area contributed by atoms with Gasteiger partial charge in [-0.1, -0.05) is 122 Å². The lowest BCUT2D eigenvalue weighted by Gasteiger charge is -2.28. The zero-order chi connectivity index (χ0) is 37.9. The van der Waals surface area contributed by atoms with E-state index >= 15 is 0 Å². The third-order valence-electron chi connectivity index (χ3n) is 8.72. The fourth-order valence-corrected chi connectivity index (χ4v) is 6.82. The van der Waals surface area contributed by atoms with Gasteiger partial charge in [0.05, 0.1) is 28.9 Å². The molecule has 2 aliphatic heterocycles. The molecule has 0 spiro atoms. The van der Waals surface area contributed by atoms with Crippen molar-refractivity contribution in [1.82, 2.24) is 0 Å². The lowest BCUT2D eigenvalue weighted by Crippen LogP contribution is -2.07. The molecule has 0 aromatic heterocycles. The molecule has 1 aliphatic carbocycles. The zero-order valence-electron chi connectivity index (χ0n) is 33.8. The molecule has 0 saturated heterocycles. The summed E-state index contributed by atoms with van der Waals surface area (Å²) in [4.78, 5) is 10.0. The minimum Gasteiger partial charge on any atom is -0.248 e. The fraction of sp³-hybridized carbons (Fsp3) is 0.143. The molecule has 1 atom stereocenters. The highest BCUT2D eigenvalue weighted by molar-refractivity contribution is 6.05. The van der Waals surface area contributed by atoms with E-state index in [1.165, 1.54) is 0 Å². The Balaban J connectivity index is 1.48. The van der Waals surface area contributed by atoms with Gasteiger partial charge in [-0.15, -0.1) is 0 Å². The van der Waals surface area contributed by atoms with Gasteiger partial charge in [0, 0.05) is 28.4 Å². The van der Waals surface area contributed by atoms with Gasteiger partial charge in [0.1, 0.15) is 0 Å². The Kier molecular flexibility index (Phi) is 4.03. The molecule has 1 unspecified atom stereocenters. The standard InChI is InChI=1S/C42H32N2/c1-4-13-27(14-5-1)30-20-12-21-31(28-15-6-2-7-16-28)39(30)34-24-26-36-40(38(34)29-17-8-3-9-18-29)41-37(43-36)25-23-33-32-19-10-11-22-35(32)44-42(33)41/h1,3-5,8-14,17-26,28H,2,6-7,15-16H2/i3D,6D2,8D,9D,15D2,17D,18D,28D. The highest BCUT2D eigenvalue weighted by Crippen LogP contribution is 2.52. The van der Waals surface area contributed by atoms with E-state index in [-0.39, 0.29) is 30.4 Å². The SMILES string of the molecule is [2H]c1c([2H])c([2H])c(-c2c(-c3c(-c4ccccc4)cccc3C3([2H])CCCC([2H])([2H])C3([2H])[2H])ccc3c2-c2c4c(ccc2=N3)=c2ccccc2=N4)c([2H])c1[2H]. The van der Waals surface area contributed by atoms with Crippen molar-refractivity contribution in [2.24, 2.45) is 9.98 Å². The van der Waals surface area contributed by atoms with Crippen LogP contribution in [0, 0.1) is 10.4 Å². The first kappa shape index (κ1) is 17.3. The monoisotopic (exact) mass is 574 g/mol. The lowest BCUT2D eigenvalue weighted by atomic mass is 9.76. The van der Waals surface area contributed by atoms with Gasteiger partial charge in [0.2, 0.25) is 0 Å². The Morgan fingerprint density at radius 3 is 2.39 bits per heavy atom. The van der Waals surface area contributed by atoms with E-state index in [1.807, 2.05) is 78.9 Å². The Bertz CT molecular complexity index is 2810. The summed E-state index contributed by atoms with van der Waals surface area (Å²) in [5.74, 6) is -2.06. The third kappa shape index (κ3) is 3.94. The number of fused-ring (bicyclic) bond motifs is 6. The molecule has 1 saturated carbocycles. The lowest BCUT2D eigenvalue weighted by molar-refractivity contribution is 0.444. The molecule has 0 bridgehead atoms. The van der Waals surface area contributed by atoms with E-state index in [0.29, 0.717) is 50.1 Å². The summed E-state index contributed by atoms with van der Waals surface area (Å²) >= 11 is 0. The molecular formula is C42H32N2. The maximum atomic E-state index is 9.96. The molecule has 2 nitrogen and oxygen atoms in total. The van der Waals surface area contributed by atoms with Crippen LogP contribution in [0.2, 0.25) is 0 Å². The first-order valence-corrected chi connectivity index (χ1v) is 14.9. The quantitative estimate of drug-likeness (QED) is 0.200. The normalized spacial score (nSPS) is 23.1. The molecule has 0 amide bonds. The fourth-order valence-electron chi connectivity index (χ4n) is 6.82. The average Bonchev–Trinajstić information content (AvgIpc) is 3.74. The smallest absolute Gasteiger partial charge is 0.0817 e. The molecular weight excluding hydrogens is 532 g/mol. The van der Waals surface area contributed by atoms with Crippen LogP contribution in [0.25, 0.3) is 44.5 Å². The second kappa shape index (κ2) is 10.3. The summed E-state index contributed by atoms with van der Waals surface area (Å²) in [6.45, 7) is 0. The predicted molar refractivity (Wildman–Crippen MR) is 180 cm³/mol. The second-order valence-corrected chi connectivity index (χ2v) is 11.2. The van der Waals surface area contributed by atoms with Gasteiger partial charge in [-0.3, -0.25) is 0 Å². The molecule has 0 radical (unpaired) electrons. The van der Waals surface area contributed by atoms with Crippen molar-refractivity contribution in [2.45, 2.75) is 37.9 Å². The third-order valence-corrected chi connectivity index (χ3v) is 8.72. The van der Waals surface area contributed by atoms with Crippen molar-refractivity contribution in [3.63, 3.8) is 0 Å². The van der Waals surface area contributed by atoms with E-state index in [2.05, 4.69) is 0 Å². The van der Waals surface area contributed by atoms with Gasteiger partial charge in [-0.05, 0) is 81.9 Å². The number of rotatable bonds is 4. The van der Waals surface area contributed by atoms with E-state index in [9.17, 15) is 6.85 Å². The predicted octanol–water partition coefficient (Wildman–Crippen LogP) is 10.2. The van der Waals surface area contributed by atoms with Crippen molar-refractivity contribution in [2.75, 3.05) is 0 Å². The van der Waals surface area contributed by atoms with Crippen molar-refractivity contribution in [3.05, 3.63) is 154 Å². The van der Waals surface area contributed by atoms with Crippen LogP contribution in [0.3, 0.4) is 0 Å². The summed E-state index contributed by atoms with van der Waals surface area (Å²) in [7, 11) is 0. The van der Waals surface area contributed by atoms with Crippen LogP contribution in [0.4, 0.5) is 11.4 Å². The molecule has 44 heavy (non-hydrogen) atoms. The number of hydrogen-bond acceptors (Lipinski definition) is 2. The first-order valence-electron chi connectivity index (χ1n) is 19.9. The summed E-state index contributed by atoms with van der Waals surface area (Å²) in [6, 6.07) is 27.6. The Hall–Kier alpha value is -5.08. The number of benzene rings is 6. The van der Waals surface area contributed by atoms with Crippen LogP contribution in [0.5, 0.6) is 0 Å². The Morgan fingerprint density at radius 1 is 0.614 bits per heavy atom. The van der Waals surface area contributed by atoms with Gasteiger partial charge in [0.15, 0.2) is 0 Å². The highest BCUT2D eigenvalue weighted by atomic mass is 14.8. The average molecular weight is 575 g/mol. The largest absolute Gasteiger partial charge is 0.248 e. The Labute approximate surface area is 271 Å². The van der Waals surface area contributed by atoms with Crippen LogP contribution in [0.1, 0.15) is 57.2 Å². The molecule has 0 N–H and O–H groups in total.